The van der Waals surface area contributed by atoms with Crippen LogP contribution in [0, 0.1) is 0 Å². The molecule has 1 saturated carbocycles. The average Bonchev–Trinajstić information content (AvgIpc) is 3.50. The molecule has 7 nitrogen and oxygen atoms in total. The third kappa shape index (κ3) is 4.30. The third-order valence-corrected chi connectivity index (χ3v) is 8.26. The maximum atomic E-state index is 13.8. The Kier molecular flexibility index (Phi) is 6.56. The lowest BCUT2D eigenvalue weighted by Gasteiger charge is -2.46. The van der Waals surface area contributed by atoms with Gasteiger partial charge in [-0.1, -0.05) is 25.7 Å². The van der Waals surface area contributed by atoms with Gasteiger partial charge >= 0.3 is 0 Å². The number of carbonyl (C=O) groups is 2. The lowest BCUT2D eigenvalue weighted by atomic mass is 9.91. The fourth-order valence-electron chi connectivity index (χ4n) is 6.07. The number of piperidine rings is 1. The Hall–Kier alpha value is -2.54. The Labute approximate surface area is 202 Å². The molecule has 3 aliphatic rings. The van der Waals surface area contributed by atoms with Crippen LogP contribution in [0.3, 0.4) is 0 Å². The van der Waals surface area contributed by atoms with Gasteiger partial charge in [0.2, 0.25) is 5.91 Å². The summed E-state index contributed by atoms with van der Waals surface area (Å²) in [7, 11) is 0. The summed E-state index contributed by atoms with van der Waals surface area (Å²) in [6.45, 7) is 7.05. The van der Waals surface area contributed by atoms with Gasteiger partial charge in [0.1, 0.15) is 17.0 Å². The molecule has 7 heteroatoms. The second kappa shape index (κ2) is 9.61. The molecule has 0 bridgehead atoms. The Morgan fingerprint density at radius 1 is 1.06 bits per heavy atom. The van der Waals surface area contributed by atoms with Crippen LogP contribution in [0.15, 0.2) is 34.9 Å². The number of hydrogen-bond acceptors (Lipinski definition) is 4. The minimum Gasteiger partial charge on any atom is -0.463 e. The first kappa shape index (κ1) is 23.2. The van der Waals surface area contributed by atoms with E-state index in [9.17, 15) is 9.59 Å². The molecular weight excluding hydrogens is 428 g/mol. The zero-order chi connectivity index (χ0) is 23.7. The van der Waals surface area contributed by atoms with E-state index in [-0.39, 0.29) is 17.9 Å². The molecule has 2 amide bonds. The van der Waals surface area contributed by atoms with Crippen LogP contribution in [-0.2, 0) is 11.3 Å². The number of hydrogen-bond donors (Lipinski definition) is 1. The average molecular weight is 467 g/mol. The molecule has 2 aromatic rings. The van der Waals surface area contributed by atoms with Crippen molar-refractivity contribution >= 4 is 11.8 Å². The van der Waals surface area contributed by atoms with Gasteiger partial charge in [-0.15, -0.1) is 0 Å². The minimum absolute atomic E-state index is 0.0378. The molecule has 2 fully saturated rings. The highest BCUT2D eigenvalue weighted by Crippen LogP contribution is 2.34. The van der Waals surface area contributed by atoms with E-state index in [0.717, 1.165) is 44.5 Å². The van der Waals surface area contributed by atoms with Gasteiger partial charge in [-0.2, -0.15) is 0 Å². The number of amides is 2. The molecule has 0 aromatic carbocycles. The van der Waals surface area contributed by atoms with Crippen molar-refractivity contribution in [1.29, 1.82) is 0 Å². The van der Waals surface area contributed by atoms with Crippen LogP contribution in [-0.4, -0.2) is 63.4 Å². The molecule has 2 aliphatic heterocycles. The van der Waals surface area contributed by atoms with Crippen LogP contribution < -0.4 is 5.32 Å². The van der Waals surface area contributed by atoms with Gasteiger partial charge in [0.15, 0.2) is 0 Å². The van der Waals surface area contributed by atoms with E-state index in [4.69, 9.17) is 4.42 Å². The predicted molar refractivity (Wildman–Crippen MR) is 131 cm³/mol. The van der Waals surface area contributed by atoms with Crippen molar-refractivity contribution in [3.05, 3.63) is 36.2 Å². The highest BCUT2D eigenvalue weighted by molar-refractivity contribution is 6.00. The van der Waals surface area contributed by atoms with Crippen molar-refractivity contribution in [1.82, 2.24) is 19.7 Å². The smallest absolute Gasteiger partial charge is 0.271 e. The molecule has 2 aromatic heterocycles. The van der Waals surface area contributed by atoms with Crippen molar-refractivity contribution in [2.24, 2.45) is 0 Å². The van der Waals surface area contributed by atoms with Crippen LogP contribution in [0.2, 0.25) is 0 Å². The van der Waals surface area contributed by atoms with Crippen molar-refractivity contribution in [3.63, 3.8) is 0 Å². The van der Waals surface area contributed by atoms with Crippen molar-refractivity contribution in [2.45, 2.75) is 89.4 Å². The SMILES string of the molecule is C[C@H]1CCCCN1CCN1C(=O)c2ccc(-c3ccco3)n2C[C@@]1(C)C(=O)NC1CCCCC1. The summed E-state index contributed by atoms with van der Waals surface area (Å²) in [5, 5.41) is 3.32. The van der Waals surface area contributed by atoms with E-state index in [2.05, 4.69) is 17.1 Å². The van der Waals surface area contributed by atoms with Crippen LogP contribution >= 0.6 is 0 Å². The van der Waals surface area contributed by atoms with Crippen LogP contribution in [0.1, 0.15) is 75.7 Å². The standard InChI is InChI=1S/C27H38N4O3/c1-20-9-6-7-15-29(20)16-17-31-25(32)23-14-13-22(24-12-8-18-34-24)30(23)19-27(31,2)26(33)28-21-10-4-3-5-11-21/h8,12-14,18,20-21H,3-7,9-11,15-17,19H2,1-2H3,(H,28,33)/t20-,27-/m0/s1. The number of carbonyl (C=O) groups excluding carboxylic acids is 2. The second-order valence-corrected chi connectivity index (χ2v) is 10.6. The summed E-state index contributed by atoms with van der Waals surface area (Å²) in [5.41, 5.74) is 0.511. The molecule has 0 unspecified atom stereocenters. The summed E-state index contributed by atoms with van der Waals surface area (Å²) in [6.07, 6.45) is 10.9. The first-order chi connectivity index (χ1) is 16.5. The predicted octanol–water partition coefficient (Wildman–Crippen LogP) is 4.29. The monoisotopic (exact) mass is 466 g/mol. The number of rotatable bonds is 6. The molecule has 34 heavy (non-hydrogen) atoms. The molecule has 5 rings (SSSR count). The molecule has 1 saturated heterocycles. The first-order valence-electron chi connectivity index (χ1n) is 13.1. The van der Waals surface area contributed by atoms with E-state index in [1.54, 1.807) is 6.26 Å². The van der Waals surface area contributed by atoms with E-state index >= 15 is 0 Å². The fraction of sp³-hybridized carbons (Fsp3) is 0.630. The van der Waals surface area contributed by atoms with E-state index < -0.39 is 5.54 Å². The van der Waals surface area contributed by atoms with Gasteiger partial charge in [0.05, 0.1) is 18.5 Å². The molecule has 1 N–H and O–H groups in total. The number of nitrogens with zero attached hydrogens (tertiary/aromatic N) is 3. The largest absolute Gasteiger partial charge is 0.463 e. The highest BCUT2D eigenvalue weighted by atomic mass is 16.3. The zero-order valence-electron chi connectivity index (χ0n) is 20.6. The van der Waals surface area contributed by atoms with Crippen LogP contribution in [0.25, 0.3) is 11.5 Å². The highest BCUT2D eigenvalue weighted by Gasteiger charge is 2.48. The molecule has 1 aliphatic carbocycles. The molecule has 184 valence electrons. The molecule has 2 atom stereocenters. The minimum atomic E-state index is -0.957. The van der Waals surface area contributed by atoms with Gasteiger partial charge < -0.3 is 19.2 Å². The topological polar surface area (TPSA) is 70.7 Å². The molecule has 0 radical (unpaired) electrons. The Morgan fingerprint density at radius 2 is 1.82 bits per heavy atom. The Bertz CT molecular complexity index is 1010. The molecule has 0 spiro atoms. The number of nitrogens with one attached hydrogen (secondary N) is 1. The summed E-state index contributed by atoms with van der Waals surface area (Å²) >= 11 is 0. The van der Waals surface area contributed by atoms with Crippen molar-refractivity contribution < 1.29 is 14.0 Å². The van der Waals surface area contributed by atoms with Gasteiger partial charge in [0, 0.05) is 25.2 Å². The fourth-order valence-corrected chi connectivity index (χ4v) is 6.07. The number of likely N-dealkylation sites (tertiary alicyclic amines) is 1. The second-order valence-electron chi connectivity index (χ2n) is 10.6. The van der Waals surface area contributed by atoms with Crippen molar-refractivity contribution in [2.75, 3.05) is 19.6 Å². The summed E-state index contributed by atoms with van der Waals surface area (Å²) in [5.74, 6) is 0.601. The number of furan rings is 1. The molecule has 4 heterocycles. The normalized spacial score (nSPS) is 26.5. The maximum absolute atomic E-state index is 13.8. The van der Waals surface area contributed by atoms with Crippen LogP contribution in [0.5, 0.6) is 0 Å². The summed E-state index contributed by atoms with van der Waals surface area (Å²) < 4.78 is 7.62. The summed E-state index contributed by atoms with van der Waals surface area (Å²) in [4.78, 5) is 32.0. The molecular formula is C27H38N4O3. The summed E-state index contributed by atoms with van der Waals surface area (Å²) in [6, 6.07) is 8.27. The van der Waals surface area contributed by atoms with Gasteiger partial charge in [-0.3, -0.25) is 14.5 Å². The lowest BCUT2D eigenvalue weighted by molar-refractivity contribution is -0.134. The number of aromatic nitrogens is 1. The first-order valence-corrected chi connectivity index (χ1v) is 13.1. The lowest BCUT2D eigenvalue weighted by Crippen LogP contribution is -2.66. The van der Waals surface area contributed by atoms with Gasteiger partial charge in [-0.05, 0) is 70.3 Å². The van der Waals surface area contributed by atoms with E-state index in [1.807, 2.05) is 40.7 Å². The maximum Gasteiger partial charge on any atom is 0.271 e. The van der Waals surface area contributed by atoms with Crippen molar-refractivity contribution in [3.8, 4) is 11.5 Å². The quantitative estimate of drug-likeness (QED) is 0.690. The third-order valence-electron chi connectivity index (χ3n) is 8.26. The van der Waals surface area contributed by atoms with Gasteiger partial charge in [0.25, 0.3) is 5.91 Å². The van der Waals surface area contributed by atoms with E-state index in [1.165, 1.54) is 25.7 Å². The van der Waals surface area contributed by atoms with Gasteiger partial charge in [-0.25, -0.2) is 0 Å². The van der Waals surface area contributed by atoms with E-state index in [0.29, 0.717) is 30.6 Å². The Balaban J connectivity index is 1.44. The van der Waals surface area contributed by atoms with Crippen LogP contribution in [0.4, 0.5) is 0 Å². The Morgan fingerprint density at radius 3 is 2.56 bits per heavy atom. The number of fused-ring (bicyclic) bond motifs is 1. The zero-order valence-corrected chi connectivity index (χ0v) is 20.6.